The molecule has 0 spiro atoms. The minimum atomic E-state index is 0.422. The van der Waals surface area contributed by atoms with Gasteiger partial charge in [0.1, 0.15) is 6.10 Å². The predicted molar refractivity (Wildman–Crippen MR) is 97.2 cm³/mol. The van der Waals surface area contributed by atoms with E-state index < -0.39 is 0 Å². The Balaban J connectivity index is 1.79. The molecule has 130 valence electrons. The van der Waals surface area contributed by atoms with Crippen molar-refractivity contribution in [1.82, 2.24) is 4.90 Å². The summed E-state index contributed by atoms with van der Waals surface area (Å²) in [6.07, 6.45) is 20.1. The normalized spacial score (nSPS) is 16.8. The first kappa shape index (κ1) is 19.5. The van der Waals surface area contributed by atoms with Gasteiger partial charge in [-0.3, -0.25) is 0 Å². The third-order valence-electron chi connectivity index (χ3n) is 4.90. The highest BCUT2D eigenvalue weighted by atomic mass is 16.5. The average molecular weight is 310 g/mol. The van der Waals surface area contributed by atoms with E-state index >= 15 is 0 Å². The van der Waals surface area contributed by atoms with E-state index in [-0.39, 0.29) is 0 Å². The molecule has 1 saturated heterocycles. The van der Waals surface area contributed by atoms with E-state index in [0.717, 1.165) is 0 Å². The summed E-state index contributed by atoms with van der Waals surface area (Å²) in [7, 11) is 0. The molecule has 0 atom stereocenters. The lowest BCUT2D eigenvalue weighted by atomic mass is 10.0. The molecule has 0 saturated carbocycles. The van der Waals surface area contributed by atoms with E-state index in [9.17, 15) is 0 Å². The van der Waals surface area contributed by atoms with Crippen LogP contribution in [0, 0.1) is 0 Å². The molecule has 0 radical (unpaired) electrons. The van der Waals surface area contributed by atoms with Gasteiger partial charge in [0.2, 0.25) is 0 Å². The molecule has 22 heavy (non-hydrogen) atoms. The highest BCUT2D eigenvalue weighted by molar-refractivity contribution is 4.74. The minimum absolute atomic E-state index is 0.422. The summed E-state index contributed by atoms with van der Waals surface area (Å²) >= 11 is 0. The Bertz CT molecular complexity index is 246. The number of ether oxygens (including phenoxy) is 1. The topological polar surface area (TPSA) is 12.5 Å². The molecular formula is C20H39NO. The summed E-state index contributed by atoms with van der Waals surface area (Å²) in [6, 6.07) is 0. The van der Waals surface area contributed by atoms with Gasteiger partial charge in [-0.15, -0.1) is 0 Å². The van der Waals surface area contributed by atoms with E-state index in [2.05, 4.69) is 18.4 Å². The van der Waals surface area contributed by atoms with E-state index in [0.29, 0.717) is 6.10 Å². The van der Waals surface area contributed by atoms with Gasteiger partial charge in [0, 0.05) is 13.1 Å². The Morgan fingerprint density at radius 1 is 0.864 bits per heavy atom. The third kappa shape index (κ3) is 10.3. The van der Waals surface area contributed by atoms with Gasteiger partial charge in [-0.05, 0) is 25.8 Å². The van der Waals surface area contributed by atoms with E-state index in [1.54, 1.807) is 6.26 Å². The summed E-state index contributed by atoms with van der Waals surface area (Å²) in [5.41, 5.74) is 0. The van der Waals surface area contributed by atoms with Gasteiger partial charge in [0.15, 0.2) is 0 Å². The van der Waals surface area contributed by atoms with Crippen molar-refractivity contribution in [2.24, 2.45) is 0 Å². The van der Waals surface area contributed by atoms with Crippen LogP contribution in [0.2, 0.25) is 0 Å². The number of nitrogens with zero attached hydrogens (tertiary/aromatic N) is 1. The number of rotatable bonds is 14. The summed E-state index contributed by atoms with van der Waals surface area (Å²) in [5, 5.41) is 0. The van der Waals surface area contributed by atoms with Crippen LogP contribution in [0.15, 0.2) is 12.8 Å². The average Bonchev–Trinajstić information content (AvgIpc) is 2.54. The van der Waals surface area contributed by atoms with E-state index in [4.69, 9.17) is 4.74 Å². The second-order valence-corrected chi connectivity index (χ2v) is 6.88. The second-order valence-electron chi connectivity index (χ2n) is 6.88. The summed E-state index contributed by atoms with van der Waals surface area (Å²) < 4.78 is 5.48. The zero-order valence-corrected chi connectivity index (χ0v) is 15.0. The molecule has 1 aliphatic heterocycles. The number of likely N-dealkylation sites (tertiary alicyclic amines) is 1. The van der Waals surface area contributed by atoms with Crippen LogP contribution in [-0.2, 0) is 4.74 Å². The van der Waals surface area contributed by atoms with Crippen molar-refractivity contribution < 1.29 is 4.74 Å². The number of piperidine rings is 1. The van der Waals surface area contributed by atoms with Gasteiger partial charge in [0.05, 0.1) is 6.26 Å². The molecule has 1 rings (SSSR count). The van der Waals surface area contributed by atoms with Crippen LogP contribution in [0.25, 0.3) is 0 Å². The zero-order valence-electron chi connectivity index (χ0n) is 15.0. The number of unbranched alkanes of at least 4 members (excludes halogenated alkanes) is 10. The highest BCUT2D eigenvalue weighted by Gasteiger charge is 2.18. The molecular weight excluding hydrogens is 270 g/mol. The standard InChI is InChI=1S/C20H39NO/c1-3-5-6-7-8-9-10-11-12-13-14-17-21-18-15-20(16-19-21)22-4-2/h4,20H,2-3,5-19H2,1H3. The lowest BCUT2D eigenvalue weighted by Gasteiger charge is -2.31. The lowest BCUT2D eigenvalue weighted by Crippen LogP contribution is -2.37. The quantitative estimate of drug-likeness (QED) is 0.291. The summed E-state index contributed by atoms with van der Waals surface area (Å²) in [5.74, 6) is 0. The minimum Gasteiger partial charge on any atom is -0.499 e. The third-order valence-corrected chi connectivity index (χ3v) is 4.90. The predicted octanol–water partition coefficient (Wildman–Crippen LogP) is 5.92. The Morgan fingerprint density at radius 2 is 1.36 bits per heavy atom. The first-order valence-corrected chi connectivity index (χ1v) is 9.85. The van der Waals surface area contributed by atoms with Gasteiger partial charge >= 0.3 is 0 Å². The van der Waals surface area contributed by atoms with Crippen molar-refractivity contribution in [3.05, 3.63) is 12.8 Å². The SMILES string of the molecule is C=COC1CCN(CCCCCCCCCCCCC)CC1. The molecule has 0 aromatic rings. The molecule has 0 bridgehead atoms. The fraction of sp³-hybridized carbons (Fsp3) is 0.900. The fourth-order valence-corrected chi connectivity index (χ4v) is 3.40. The van der Waals surface area contributed by atoms with Crippen molar-refractivity contribution in [3.8, 4) is 0 Å². The second kappa shape index (κ2) is 14.1. The molecule has 0 aromatic heterocycles. The first-order chi connectivity index (χ1) is 10.9. The van der Waals surface area contributed by atoms with Crippen molar-refractivity contribution in [1.29, 1.82) is 0 Å². The first-order valence-electron chi connectivity index (χ1n) is 9.85. The van der Waals surface area contributed by atoms with Gasteiger partial charge in [-0.25, -0.2) is 0 Å². The molecule has 1 aliphatic rings. The van der Waals surface area contributed by atoms with Crippen LogP contribution >= 0.6 is 0 Å². The van der Waals surface area contributed by atoms with Crippen LogP contribution < -0.4 is 0 Å². The van der Waals surface area contributed by atoms with Gasteiger partial charge in [0.25, 0.3) is 0 Å². The van der Waals surface area contributed by atoms with Crippen molar-refractivity contribution in [2.75, 3.05) is 19.6 Å². The van der Waals surface area contributed by atoms with Crippen molar-refractivity contribution in [2.45, 2.75) is 96.5 Å². The van der Waals surface area contributed by atoms with Gasteiger partial charge in [-0.1, -0.05) is 77.7 Å². The Morgan fingerprint density at radius 3 is 1.86 bits per heavy atom. The molecule has 0 N–H and O–H groups in total. The lowest BCUT2D eigenvalue weighted by molar-refractivity contribution is 0.0670. The Kier molecular flexibility index (Phi) is 12.5. The molecule has 2 heteroatoms. The number of hydrogen-bond donors (Lipinski definition) is 0. The molecule has 0 unspecified atom stereocenters. The van der Waals surface area contributed by atoms with Crippen LogP contribution in [0.1, 0.15) is 90.4 Å². The molecule has 2 nitrogen and oxygen atoms in total. The van der Waals surface area contributed by atoms with Crippen molar-refractivity contribution in [3.63, 3.8) is 0 Å². The number of hydrogen-bond acceptors (Lipinski definition) is 2. The Labute approximate surface area is 139 Å². The Hall–Kier alpha value is -0.500. The maximum atomic E-state index is 5.48. The molecule has 1 heterocycles. The van der Waals surface area contributed by atoms with E-state index in [1.807, 2.05) is 0 Å². The fourth-order valence-electron chi connectivity index (χ4n) is 3.40. The van der Waals surface area contributed by atoms with Crippen molar-refractivity contribution >= 4 is 0 Å². The molecule has 0 amide bonds. The molecule has 1 fully saturated rings. The smallest absolute Gasteiger partial charge is 0.100 e. The van der Waals surface area contributed by atoms with Crippen LogP contribution in [0.4, 0.5) is 0 Å². The zero-order chi connectivity index (χ0) is 15.9. The van der Waals surface area contributed by atoms with Crippen LogP contribution in [-0.4, -0.2) is 30.6 Å². The largest absolute Gasteiger partial charge is 0.499 e. The maximum absolute atomic E-state index is 5.48. The maximum Gasteiger partial charge on any atom is 0.100 e. The van der Waals surface area contributed by atoms with Crippen LogP contribution in [0.5, 0.6) is 0 Å². The van der Waals surface area contributed by atoms with Gasteiger partial charge < -0.3 is 9.64 Å². The molecule has 0 aliphatic carbocycles. The summed E-state index contributed by atoms with van der Waals surface area (Å²) in [4.78, 5) is 2.61. The highest BCUT2D eigenvalue weighted by Crippen LogP contribution is 2.15. The monoisotopic (exact) mass is 309 g/mol. The van der Waals surface area contributed by atoms with Crippen LogP contribution in [0.3, 0.4) is 0 Å². The van der Waals surface area contributed by atoms with E-state index in [1.165, 1.54) is 103 Å². The van der Waals surface area contributed by atoms with Gasteiger partial charge in [-0.2, -0.15) is 0 Å². The summed E-state index contributed by atoms with van der Waals surface area (Å²) in [6.45, 7) is 9.64. The molecule has 0 aromatic carbocycles.